The van der Waals surface area contributed by atoms with Crippen LogP contribution in [0.5, 0.6) is 0 Å². The molecule has 1 aliphatic heterocycles. The molecule has 0 radical (unpaired) electrons. The van der Waals surface area contributed by atoms with E-state index in [1.807, 2.05) is 19.3 Å². The van der Waals surface area contributed by atoms with Crippen LogP contribution < -0.4 is 10.6 Å². The Kier molecular flexibility index (Phi) is 4.01. The van der Waals surface area contributed by atoms with Gasteiger partial charge in [0.05, 0.1) is 17.7 Å². The van der Waals surface area contributed by atoms with Gasteiger partial charge in [-0.15, -0.1) is 0 Å². The Morgan fingerprint density at radius 1 is 1.67 bits per heavy atom. The summed E-state index contributed by atoms with van der Waals surface area (Å²) < 4.78 is 1.75. The number of carbonyl (C=O) groups excluding carboxylic acids is 1. The highest BCUT2D eigenvalue weighted by molar-refractivity contribution is 5.82. The van der Waals surface area contributed by atoms with Crippen molar-refractivity contribution in [3.63, 3.8) is 0 Å². The van der Waals surface area contributed by atoms with Crippen molar-refractivity contribution in [1.29, 1.82) is 0 Å². The highest BCUT2D eigenvalue weighted by Gasteiger charge is 2.37. The Labute approximate surface area is 108 Å². The van der Waals surface area contributed by atoms with Crippen molar-refractivity contribution in [3.8, 4) is 0 Å². The highest BCUT2D eigenvalue weighted by Crippen LogP contribution is 2.30. The maximum absolute atomic E-state index is 12.3. The molecule has 1 saturated heterocycles. The van der Waals surface area contributed by atoms with E-state index in [9.17, 15) is 4.79 Å². The molecular weight excluding hydrogens is 228 g/mol. The van der Waals surface area contributed by atoms with Crippen molar-refractivity contribution in [2.24, 2.45) is 12.5 Å². The zero-order valence-electron chi connectivity index (χ0n) is 11.2. The molecule has 0 saturated carbocycles. The first kappa shape index (κ1) is 13.1. The average molecular weight is 250 g/mol. The number of hydrogen-bond donors (Lipinski definition) is 2. The fourth-order valence-electron chi connectivity index (χ4n) is 2.54. The first-order valence-electron chi connectivity index (χ1n) is 6.64. The van der Waals surface area contributed by atoms with Crippen LogP contribution >= 0.6 is 0 Å². The summed E-state index contributed by atoms with van der Waals surface area (Å²) in [5.41, 5.74) is 0.674. The monoisotopic (exact) mass is 250 g/mol. The Morgan fingerprint density at radius 2 is 2.50 bits per heavy atom. The summed E-state index contributed by atoms with van der Waals surface area (Å²) in [4.78, 5) is 12.3. The fourth-order valence-corrected chi connectivity index (χ4v) is 2.54. The Bertz CT molecular complexity index is 407. The van der Waals surface area contributed by atoms with Crippen LogP contribution in [0, 0.1) is 5.41 Å². The molecule has 1 aliphatic rings. The third kappa shape index (κ3) is 2.72. The molecule has 5 nitrogen and oxygen atoms in total. The second-order valence-corrected chi connectivity index (χ2v) is 5.08. The van der Waals surface area contributed by atoms with Gasteiger partial charge in [-0.3, -0.25) is 9.48 Å². The molecule has 1 fully saturated rings. The molecule has 5 heteroatoms. The summed E-state index contributed by atoms with van der Waals surface area (Å²) in [5, 5.41) is 10.6. The van der Waals surface area contributed by atoms with E-state index in [1.165, 1.54) is 0 Å². The smallest absolute Gasteiger partial charge is 0.227 e. The lowest BCUT2D eigenvalue weighted by molar-refractivity contribution is -0.132. The van der Waals surface area contributed by atoms with Crippen molar-refractivity contribution in [2.45, 2.75) is 32.7 Å². The van der Waals surface area contributed by atoms with Gasteiger partial charge in [0, 0.05) is 19.8 Å². The van der Waals surface area contributed by atoms with E-state index in [4.69, 9.17) is 0 Å². The van der Waals surface area contributed by atoms with Crippen LogP contribution in [-0.4, -0.2) is 28.8 Å². The summed E-state index contributed by atoms with van der Waals surface area (Å²) in [7, 11) is 1.88. The first-order chi connectivity index (χ1) is 8.66. The van der Waals surface area contributed by atoms with Crippen molar-refractivity contribution >= 4 is 5.91 Å². The lowest BCUT2D eigenvalue weighted by Crippen LogP contribution is -2.50. The zero-order chi connectivity index (χ0) is 13.0. The minimum atomic E-state index is -0.229. The Balaban J connectivity index is 1.93. The number of aromatic nitrogens is 2. The molecule has 100 valence electrons. The van der Waals surface area contributed by atoms with E-state index in [0.717, 1.165) is 38.0 Å². The van der Waals surface area contributed by atoms with Gasteiger partial charge >= 0.3 is 0 Å². The molecule has 0 aliphatic carbocycles. The fraction of sp³-hybridized carbons (Fsp3) is 0.692. The largest absolute Gasteiger partial charge is 0.350 e. The van der Waals surface area contributed by atoms with E-state index >= 15 is 0 Å². The molecule has 18 heavy (non-hydrogen) atoms. The molecule has 2 N–H and O–H groups in total. The third-order valence-electron chi connectivity index (χ3n) is 3.83. The van der Waals surface area contributed by atoms with Gasteiger partial charge in [0.2, 0.25) is 5.91 Å². The minimum Gasteiger partial charge on any atom is -0.350 e. The quantitative estimate of drug-likeness (QED) is 0.831. The topological polar surface area (TPSA) is 59.0 Å². The van der Waals surface area contributed by atoms with Gasteiger partial charge in [-0.25, -0.2) is 0 Å². The molecule has 0 spiro atoms. The van der Waals surface area contributed by atoms with E-state index < -0.39 is 0 Å². The molecule has 1 unspecified atom stereocenters. The van der Waals surface area contributed by atoms with E-state index in [2.05, 4.69) is 22.7 Å². The van der Waals surface area contributed by atoms with Gasteiger partial charge < -0.3 is 10.6 Å². The molecule has 2 heterocycles. The Hall–Kier alpha value is -1.36. The van der Waals surface area contributed by atoms with Crippen molar-refractivity contribution in [1.82, 2.24) is 20.4 Å². The third-order valence-corrected chi connectivity index (χ3v) is 3.83. The molecule has 1 aromatic rings. The molecule has 2 rings (SSSR count). The molecule has 0 bridgehead atoms. The van der Waals surface area contributed by atoms with Crippen molar-refractivity contribution in [3.05, 3.63) is 18.0 Å². The molecule has 0 aromatic carbocycles. The molecule has 1 atom stereocenters. The first-order valence-corrected chi connectivity index (χ1v) is 6.64. The minimum absolute atomic E-state index is 0.155. The normalized spacial score (nSPS) is 23.9. The zero-order valence-corrected chi connectivity index (χ0v) is 11.2. The van der Waals surface area contributed by atoms with Crippen LogP contribution in [0.4, 0.5) is 0 Å². The van der Waals surface area contributed by atoms with Crippen LogP contribution in [0.25, 0.3) is 0 Å². The molecule has 1 aromatic heterocycles. The predicted octanol–water partition coefficient (Wildman–Crippen LogP) is 0.816. The van der Waals surface area contributed by atoms with Gasteiger partial charge in [0.1, 0.15) is 0 Å². The maximum Gasteiger partial charge on any atom is 0.227 e. The number of aryl methyl sites for hydroxylation is 1. The van der Waals surface area contributed by atoms with Gasteiger partial charge in [0.25, 0.3) is 0 Å². The number of carbonyl (C=O) groups is 1. The van der Waals surface area contributed by atoms with Gasteiger partial charge in [-0.2, -0.15) is 5.10 Å². The van der Waals surface area contributed by atoms with Gasteiger partial charge in [-0.1, -0.05) is 6.92 Å². The second-order valence-electron chi connectivity index (χ2n) is 5.08. The van der Waals surface area contributed by atoms with Crippen LogP contribution in [0.2, 0.25) is 0 Å². The summed E-state index contributed by atoms with van der Waals surface area (Å²) >= 11 is 0. The van der Waals surface area contributed by atoms with E-state index in [-0.39, 0.29) is 11.3 Å². The highest BCUT2D eigenvalue weighted by atomic mass is 16.2. The summed E-state index contributed by atoms with van der Waals surface area (Å²) in [6.07, 6.45) is 4.82. The molecule has 1 amide bonds. The van der Waals surface area contributed by atoms with Crippen LogP contribution in [-0.2, 0) is 18.4 Å². The standard InChI is InChI=1S/C13H22N4O/c1-3-13(6-4-7-14-10-13)12(18)15-9-11-5-8-17(2)16-11/h5,8,14H,3-4,6-7,9-10H2,1-2H3,(H,15,18). The van der Waals surface area contributed by atoms with Gasteiger partial charge in [-0.05, 0) is 31.9 Å². The summed E-state index contributed by atoms with van der Waals surface area (Å²) in [5.74, 6) is 0.155. The van der Waals surface area contributed by atoms with E-state index in [0.29, 0.717) is 6.54 Å². The maximum atomic E-state index is 12.3. The number of rotatable bonds is 4. The summed E-state index contributed by atoms with van der Waals surface area (Å²) in [6.45, 7) is 4.42. The lowest BCUT2D eigenvalue weighted by atomic mass is 9.77. The van der Waals surface area contributed by atoms with Gasteiger partial charge in [0.15, 0.2) is 0 Å². The van der Waals surface area contributed by atoms with E-state index in [1.54, 1.807) is 4.68 Å². The number of nitrogens with zero attached hydrogens (tertiary/aromatic N) is 2. The number of nitrogens with one attached hydrogen (secondary N) is 2. The number of piperidine rings is 1. The molecular formula is C13H22N4O. The number of hydrogen-bond acceptors (Lipinski definition) is 3. The lowest BCUT2D eigenvalue weighted by Gasteiger charge is -2.35. The van der Waals surface area contributed by atoms with Crippen LogP contribution in [0.1, 0.15) is 31.9 Å². The second kappa shape index (κ2) is 5.52. The van der Waals surface area contributed by atoms with Crippen LogP contribution in [0.3, 0.4) is 0 Å². The summed E-state index contributed by atoms with van der Waals surface area (Å²) in [6, 6.07) is 1.93. The Morgan fingerprint density at radius 3 is 3.06 bits per heavy atom. The number of amides is 1. The van der Waals surface area contributed by atoms with Crippen molar-refractivity contribution in [2.75, 3.05) is 13.1 Å². The SMILES string of the molecule is CCC1(C(=O)NCc2ccn(C)n2)CCCNC1. The van der Waals surface area contributed by atoms with Crippen molar-refractivity contribution < 1.29 is 4.79 Å². The average Bonchev–Trinajstić information content (AvgIpc) is 2.82. The van der Waals surface area contributed by atoms with Crippen LogP contribution in [0.15, 0.2) is 12.3 Å². The predicted molar refractivity (Wildman–Crippen MR) is 69.9 cm³/mol.